The average Bonchev–Trinajstić information content (AvgIpc) is 2.46. The van der Waals surface area contributed by atoms with Crippen molar-refractivity contribution in [3.63, 3.8) is 0 Å². The van der Waals surface area contributed by atoms with Crippen LogP contribution in [0.25, 0.3) is 0 Å². The van der Waals surface area contributed by atoms with Gasteiger partial charge in [-0.3, -0.25) is 9.69 Å². The summed E-state index contributed by atoms with van der Waals surface area (Å²) in [6.07, 6.45) is 0.624. The minimum absolute atomic E-state index is 0.160. The molecule has 0 bridgehead atoms. The van der Waals surface area contributed by atoms with Crippen LogP contribution in [0.3, 0.4) is 0 Å². The lowest BCUT2D eigenvalue weighted by molar-refractivity contribution is -0.107. The van der Waals surface area contributed by atoms with Gasteiger partial charge in [0, 0.05) is 7.05 Å². The molecule has 21 heavy (non-hydrogen) atoms. The standard InChI is InChI=1S/C13H14FN5OS/c1-16-10-11(15)17-13(21)18-12(10)19(7-20)6-8-2-4-9(14)5-3-8/h2-5,7,16H,6H2,1H3,(H3,15,17,18,21). The van der Waals surface area contributed by atoms with E-state index >= 15 is 0 Å². The topological polar surface area (TPSA) is 84.1 Å². The van der Waals surface area contributed by atoms with Gasteiger partial charge < -0.3 is 11.1 Å². The fourth-order valence-electron chi connectivity index (χ4n) is 1.85. The monoisotopic (exact) mass is 307 g/mol. The van der Waals surface area contributed by atoms with Crippen molar-refractivity contribution in [2.24, 2.45) is 0 Å². The summed E-state index contributed by atoms with van der Waals surface area (Å²) in [4.78, 5) is 20.7. The number of anilines is 3. The molecular weight excluding hydrogens is 293 g/mol. The SMILES string of the molecule is CNc1c(N)nc(S)nc1N(C=O)Cc1ccc(F)cc1. The van der Waals surface area contributed by atoms with Gasteiger partial charge in [-0.25, -0.2) is 14.4 Å². The third-order valence-electron chi connectivity index (χ3n) is 2.82. The highest BCUT2D eigenvalue weighted by Gasteiger charge is 2.17. The first-order valence-corrected chi connectivity index (χ1v) is 6.50. The van der Waals surface area contributed by atoms with E-state index in [0.29, 0.717) is 17.9 Å². The van der Waals surface area contributed by atoms with Crippen LogP contribution in [-0.2, 0) is 11.3 Å². The van der Waals surface area contributed by atoms with E-state index in [9.17, 15) is 9.18 Å². The van der Waals surface area contributed by atoms with Gasteiger partial charge in [0.05, 0.1) is 6.54 Å². The van der Waals surface area contributed by atoms with Gasteiger partial charge in [-0.15, -0.1) is 12.6 Å². The van der Waals surface area contributed by atoms with Crippen molar-refractivity contribution < 1.29 is 9.18 Å². The van der Waals surface area contributed by atoms with Gasteiger partial charge in [-0.2, -0.15) is 0 Å². The predicted octanol–water partition coefficient (Wildman–Crippen LogP) is 1.69. The molecule has 1 aromatic heterocycles. The molecule has 0 atom stereocenters. The predicted molar refractivity (Wildman–Crippen MR) is 81.9 cm³/mol. The maximum absolute atomic E-state index is 12.9. The Bertz CT molecular complexity index is 650. The molecule has 0 aliphatic heterocycles. The van der Waals surface area contributed by atoms with Crippen molar-refractivity contribution >= 4 is 36.4 Å². The van der Waals surface area contributed by atoms with E-state index in [0.717, 1.165) is 5.56 Å². The Kier molecular flexibility index (Phi) is 4.59. The number of carbonyl (C=O) groups excluding carboxylic acids is 1. The normalized spacial score (nSPS) is 10.2. The summed E-state index contributed by atoms with van der Waals surface area (Å²) >= 11 is 4.06. The van der Waals surface area contributed by atoms with Gasteiger partial charge in [0.25, 0.3) is 0 Å². The zero-order valence-corrected chi connectivity index (χ0v) is 12.1. The Hall–Kier alpha value is -2.35. The molecule has 0 unspecified atom stereocenters. The first-order chi connectivity index (χ1) is 10.0. The van der Waals surface area contributed by atoms with Gasteiger partial charge in [0.15, 0.2) is 16.8 Å². The van der Waals surface area contributed by atoms with Crippen LogP contribution >= 0.6 is 12.6 Å². The lowest BCUT2D eigenvalue weighted by Crippen LogP contribution is -2.23. The Labute approximate surface area is 126 Å². The van der Waals surface area contributed by atoms with Crippen molar-refractivity contribution in [3.8, 4) is 0 Å². The lowest BCUT2D eigenvalue weighted by atomic mass is 10.2. The molecule has 0 fully saturated rings. The van der Waals surface area contributed by atoms with E-state index in [2.05, 4.69) is 27.9 Å². The number of rotatable bonds is 5. The fourth-order valence-corrected chi connectivity index (χ4v) is 2.05. The number of hydrogen-bond donors (Lipinski definition) is 3. The van der Waals surface area contributed by atoms with Crippen LogP contribution in [-0.4, -0.2) is 23.4 Å². The molecule has 6 nitrogen and oxygen atoms in total. The van der Waals surface area contributed by atoms with Crippen molar-refractivity contribution in [1.29, 1.82) is 0 Å². The van der Waals surface area contributed by atoms with Crippen molar-refractivity contribution in [3.05, 3.63) is 35.6 Å². The fraction of sp³-hybridized carbons (Fsp3) is 0.154. The molecule has 0 radical (unpaired) electrons. The largest absolute Gasteiger partial charge is 0.382 e. The molecule has 1 amide bonds. The van der Waals surface area contributed by atoms with E-state index < -0.39 is 0 Å². The van der Waals surface area contributed by atoms with Gasteiger partial charge in [-0.05, 0) is 17.7 Å². The van der Waals surface area contributed by atoms with E-state index in [1.54, 1.807) is 19.2 Å². The highest BCUT2D eigenvalue weighted by molar-refractivity contribution is 7.80. The summed E-state index contributed by atoms with van der Waals surface area (Å²) in [6.45, 7) is 0.224. The molecule has 8 heteroatoms. The van der Waals surface area contributed by atoms with Crippen LogP contribution in [0, 0.1) is 5.82 Å². The number of nitrogens with two attached hydrogens (primary N) is 1. The highest BCUT2D eigenvalue weighted by atomic mass is 32.1. The average molecular weight is 307 g/mol. The van der Waals surface area contributed by atoms with E-state index in [1.807, 2.05) is 0 Å². The minimum atomic E-state index is -0.337. The van der Waals surface area contributed by atoms with Crippen molar-refractivity contribution in [2.45, 2.75) is 11.7 Å². The molecule has 0 saturated heterocycles. The van der Waals surface area contributed by atoms with Crippen LogP contribution in [0.15, 0.2) is 29.4 Å². The summed E-state index contributed by atoms with van der Waals surface area (Å²) in [5.41, 5.74) is 6.97. The molecule has 110 valence electrons. The van der Waals surface area contributed by atoms with Gasteiger partial charge in [0.2, 0.25) is 6.41 Å². The van der Waals surface area contributed by atoms with Crippen molar-refractivity contribution in [2.75, 3.05) is 23.0 Å². The highest BCUT2D eigenvalue weighted by Crippen LogP contribution is 2.29. The number of carbonyl (C=O) groups is 1. The molecule has 3 N–H and O–H groups in total. The molecular formula is C13H14FN5OS. The van der Waals surface area contributed by atoms with Crippen LogP contribution in [0.4, 0.5) is 21.7 Å². The number of amides is 1. The molecule has 1 heterocycles. The lowest BCUT2D eigenvalue weighted by Gasteiger charge is -2.20. The summed E-state index contributed by atoms with van der Waals surface area (Å²) in [7, 11) is 1.65. The van der Waals surface area contributed by atoms with Crippen LogP contribution < -0.4 is 16.0 Å². The van der Waals surface area contributed by atoms with Gasteiger partial charge in [0.1, 0.15) is 11.5 Å². The van der Waals surface area contributed by atoms with Gasteiger partial charge >= 0.3 is 0 Å². The number of hydrogen-bond acceptors (Lipinski definition) is 6. The number of nitrogens with one attached hydrogen (secondary N) is 1. The van der Waals surface area contributed by atoms with Crippen LogP contribution in [0.5, 0.6) is 0 Å². The molecule has 2 rings (SSSR count). The molecule has 0 aliphatic carbocycles. The smallest absolute Gasteiger partial charge is 0.215 e. The Morgan fingerprint density at radius 1 is 1.38 bits per heavy atom. The number of halogens is 1. The molecule has 0 aliphatic rings. The van der Waals surface area contributed by atoms with E-state index in [4.69, 9.17) is 5.73 Å². The zero-order valence-electron chi connectivity index (χ0n) is 11.2. The quantitative estimate of drug-likeness (QED) is 0.445. The summed E-state index contributed by atoms with van der Waals surface area (Å²) in [6, 6.07) is 5.85. The molecule has 2 aromatic rings. The van der Waals surface area contributed by atoms with E-state index in [-0.39, 0.29) is 23.3 Å². The zero-order chi connectivity index (χ0) is 15.4. The third kappa shape index (κ3) is 3.40. The number of nitrogen functional groups attached to an aromatic ring is 1. The van der Waals surface area contributed by atoms with Crippen molar-refractivity contribution in [1.82, 2.24) is 9.97 Å². The van der Waals surface area contributed by atoms with E-state index in [1.165, 1.54) is 17.0 Å². The van der Waals surface area contributed by atoms with Gasteiger partial charge in [-0.1, -0.05) is 12.1 Å². The second-order valence-electron chi connectivity index (χ2n) is 4.22. The summed E-state index contributed by atoms with van der Waals surface area (Å²) in [5.74, 6) is 0.170. The number of nitrogens with zero attached hydrogens (tertiary/aromatic N) is 3. The Morgan fingerprint density at radius 3 is 2.62 bits per heavy atom. The van der Waals surface area contributed by atoms with Crippen LogP contribution in [0.1, 0.15) is 5.56 Å². The Morgan fingerprint density at radius 2 is 2.05 bits per heavy atom. The maximum atomic E-state index is 12.9. The number of aromatic nitrogens is 2. The second kappa shape index (κ2) is 6.40. The molecule has 1 aromatic carbocycles. The molecule has 0 spiro atoms. The Balaban J connectivity index is 2.37. The minimum Gasteiger partial charge on any atom is -0.382 e. The third-order valence-corrected chi connectivity index (χ3v) is 3.02. The molecule has 0 saturated carbocycles. The van der Waals surface area contributed by atoms with Crippen LogP contribution in [0.2, 0.25) is 0 Å². The first kappa shape index (κ1) is 15.0. The number of thiol groups is 1. The second-order valence-corrected chi connectivity index (χ2v) is 4.62. The summed E-state index contributed by atoms with van der Waals surface area (Å²) < 4.78 is 12.9. The number of benzene rings is 1. The summed E-state index contributed by atoms with van der Waals surface area (Å²) in [5, 5.41) is 3.02. The maximum Gasteiger partial charge on any atom is 0.215 e. The first-order valence-electron chi connectivity index (χ1n) is 6.05.